The smallest absolute Gasteiger partial charge is 0.339 e. The Morgan fingerprint density at radius 3 is 2.53 bits per heavy atom. The molecular formula is C23H22N2O5. The van der Waals surface area contributed by atoms with Gasteiger partial charge >= 0.3 is 5.63 Å². The number of benzene rings is 2. The van der Waals surface area contributed by atoms with Gasteiger partial charge in [-0.25, -0.2) is 4.79 Å². The van der Waals surface area contributed by atoms with E-state index in [0.29, 0.717) is 22.6 Å². The molecule has 7 nitrogen and oxygen atoms in total. The fraction of sp³-hybridized carbons (Fsp3) is 0.261. The zero-order chi connectivity index (χ0) is 21.3. The highest BCUT2D eigenvalue weighted by Crippen LogP contribution is 2.29. The predicted octanol–water partition coefficient (Wildman–Crippen LogP) is 3.00. The molecule has 0 aliphatic heterocycles. The average Bonchev–Trinajstić information content (AvgIpc) is 3.23. The molecule has 1 aliphatic carbocycles. The molecule has 0 saturated heterocycles. The van der Waals surface area contributed by atoms with Gasteiger partial charge in [-0.15, -0.1) is 0 Å². The van der Waals surface area contributed by atoms with Crippen LogP contribution < -0.4 is 15.7 Å². The van der Waals surface area contributed by atoms with Gasteiger partial charge in [0.1, 0.15) is 11.3 Å². The van der Waals surface area contributed by atoms with E-state index in [4.69, 9.17) is 9.15 Å². The summed E-state index contributed by atoms with van der Waals surface area (Å²) in [4.78, 5) is 37.7. The number of hydrogen-bond acceptors (Lipinski definition) is 5. The Hall–Kier alpha value is -3.61. The van der Waals surface area contributed by atoms with Crippen molar-refractivity contribution in [3.05, 3.63) is 69.6 Å². The van der Waals surface area contributed by atoms with Gasteiger partial charge in [0.2, 0.25) is 0 Å². The van der Waals surface area contributed by atoms with Crippen LogP contribution in [0, 0.1) is 0 Å². The third-order valence-corrected chi connectivity index (χ3v) is 5.14. The first-order chi connectivity index (χ1) is 14.4. The fourth-order valence-electron chi connectivity index (χ4n) is 3.65. The summed E-state index contributed by atoms with van der Waals surface area (Å²) in [6.45, 7) is -0.195. The number of hydrogen-bond donors (Lipinski definition) is 1. The monoisotopic (exact) mass is 406 g/mol. The van der Waals surface area contributed by atoms with Gasteiger partial charge in [0.15, 0.2) is 6.61 Å². The average molecular weight is 406 g/mol. The van der Waals surface area contributed by atoms with Gasteiger partial charge in [-0.3, -0.25) is 9.59 Å². The van der Waals surface area contributed by atoms with Crippen LogP contribution in [0.3, 0.4) is 0 Å². The molecule has 0 spiro atoms. The summed E-state index contributed by atoms with van der Waals surface area (Å²) in [6, 6.07) is 11.9. The molecule has 7 heteroatoms. The lowest BCUT2D eigenvalue weighted by Gasteiger charge is -2.11. The number of fused-ring (bicyclic) bond motifs is 3. The summed E-state index contributed by atoms with van der Waals surface area (Å²) < 4.78 is 11.0. The molecule has 1 N–H and O–H groups in total. The zero-order valence-electron chi connectivity index (χ0n) is 16.9. The van der Waals surface area contributed by atoms with E-state index in [1.54, 1.807) is 50.5 Å². The van der Waals surface area contributed by atoms with Gasteiger partial charge in [-0.1, -0.05) is 0 Å². The first-order valence-corrected chi connectivity index (χ1v) is 9.75. The van der Waals surface area contributed by atoms with E-state index in [1.165, 1.54) is 4.90 Å². The largest absolute Gasteiger partial charge is 0.484 e. The molecule has 0 atom stereocenters. The van der Waals surface area contributed by atoms with Crippen molar-refractivity contribution in [3.8, 4) is 5.75 Å². The third-order valence-electron chi connectivity index (χ3n) is 5.14. The van der Waals surface area contributed by atoms with E-state index in [0.717, 1.165) is 35.8 Å². The molecule has 2 aromatic carbocycles. The van der Waals surface area contributed by atoms with Crippen LogP contribution in [-0.4, -0.2) is 37.4 Å². The second-order valence-corrected chi connectivity index (χ2v) is 7.47. The molecule has 30 heavy (non-hydrogen) atoms. The molecule has 0 unspecified atom stereocenters. The van der Waals surface area contributed by atoms with Crippen molar-refractivity contribution in [2.75, 3.05) is 26.0 Å². The molecule has 0 bridgehead atoms. The number of ether oxygens (including phenoxy) is 1. The van der Waals surface area contributed by atoms with Crippen molar-refractivity contribution < 1.29 is 18.7 Å². The van der Waals surface area contributed by atoms with E-state index < -0.39 is 0 Å². The SMILES string of the molecule is CN(C)C(=O)c1ccc(NC(=O)COc2ccc3c4c(c(=O)oc3c2)CCC4)cc1. The maximum absolute atomic E-state index is 12.2. The second kappa shape index (κ2) is 8.02. The number of carbonyl (C=O) groups is 2. The van der Waals surface area contributed by atoms with Crippen molar-refractivity contribution in [3.63, 3.8) is 0 Å². The highest BCUT2D eigenvalue weighted by molar-refractivity contribution is 5.96. The molecule has 154 valence electrons. The Balaban J connectivity index is 1.40. The number of anilines is 1. The van der Waals surface area contributed by atoms with Crippen molar-refractivity contribution >= 4 is 28.5 Å². The highest BCUT2D eigenvalue weighted by Gasteiger charge is 2.19. The van der Waals surface area contributed by atoms with Gasteiger partial charge < -0.3 is 19.4 Å². The lowest BCUT2D eigenvalue weighted by atomic mass is 10.1. The van der Waals surface area contributed by atoms with Crippen LogP contribution in [0.15, 0.2) is 51.7 Å². The van der Waals surface area contributed by atoms with Gasteiger partial charge in [0, 0.05) is 42.4 Å². The Morgan fingerprint density at radius 2 is 1.80 bits per heavy atom. The lowest BCUT2D eigenvalue weighted by molar-refractivity contribution is -0.118. The Labute approximate surface area is 173 Å². The van der Waals surface area contributed by atoms with Crippen molar-refractivity contribution in [1.29, 1.82) is 0 Å². The summed E-state index contributed by atoms with van der Waals surface area (Å²) in [5.41, 5.74) is 3.12. The molecular weight excluding hydrogens is 384 g/mol. The van der Waals surface area contributed by atoms with Gasteiger partial charge in [0.05, 0.1) is 0 Å². The standard InChI is InChI=1S/C23H22N2O5/c1-25(2)22(27)14-6-8-15(9-7-14)24-21(26)13-29-16-10-11-18-17-4-3-5-19(17)23(28)30-20(18)12-16/h6-12H,3-5,13H2,1-2H3,(H,24,26). The molecule has 0 fully saturated rings. The summed E-state index contributed by atoms with van der Waals surface area (Å²) in [5, 5.41) is 3.65. The number of rotatable bonds is 5. The van der Waals surface area contributed by atoms with Crippen LogP contribution in [0.5, 0.6) is 5.75 Å². The first kappa shape index (κ1) is 19.7. The molecule has 3 aromatic rings. The Kier molecular flexibility index (Phi) is 5.27. The molecule has 0 saturated carbocycles. The highest BCUT2D eigenvalue weighted by atomic mass is 16.5. The summed E-state index contributed by atoms with van der Waals surface area (Å²) in [5.74, 6) is 0.00710. The number of carbonyl (C=O) groups excluding carboxylic acids is 2. The van der Waals surface area contributed by atoms with Crippen LogP contribution in [0.4, 0.5) is 5.69 Å². The minimum atomic E-state index is -0.336. The van der Waals surface area contributed by atoms with E-state index in [2.05, 4.69) is 5.32 Å². The lowest BCUT2D eigenvalue weighted by Crippen LogP contribution is -2.22. The number of amides is 2. The summed E-state index contributed by atoms with van der Waals surface area (Å²) in [7, 11) is 3.36. The fourth-order valence-corrected chi connectivity index (χ4v) is 3.65. The minimum absolute atomic E-state index is 0.107. The van der Waals surface area contributed by atoms with Gasteiger partial charge in [-0.2, -0.15) is 0 Å². The van der Waals surface area contributed by atoms with Crippen LogP contribution >= 0.6 is 0 Å². The van der Waals surface area contributed by atoms with E-state index in [-0.39, 0.29) is 24.0 Å². The normalized spacial score (nSPS) is 12.5. The van der Waals surface area contributed by atoms with Crippen LogP contribution in [-0.2, 0) is 17.6 Å². The maximum Gasteiger partial charge on any atom is 0.339 e. The van der Waals surface area contributed by atoms with Gasteiger partial charge in [0.25, 0.3) is 11.8 Å². The van der Waals surface area contributed by atoms with Crippen LogP contribution in [0.1, 0.15) is 27.9 Å². The molecule has 1 aromatic heterocycles. The molecule has 2 amide bonds. The number of aryl methyl sites for hydroxylation is 1. The first-order valence-electron chi connectivity index (χ1n) is 9.75. The van der Waals surface area contributed by atoms with Crippen molar-refractivity contribution in [2.45, 2.75) is 19.3 Å². The second-order valence-electron chi connectivity index (χ2n) is 7.47. The van der Waals surface area contributed by atoms with E-state index in [9.17, 15) is 14.4 Å². The van der Waals surface area contributed by atoms with Gasteiger partial charge in [-0.05, 0) is 61.2 Å². The molecule has 0 radical (unpaired) electrons. The maximum atomic E-state index is 12.2. The molecule has 1 heterocycles. The Morgan fingerprint density at radius 1 is 1.07 bits per heavy atom. The molecule has 4 rings (SSSR count). The van der Waals surface area contributed by atoms with Crippen molar-refractivity contribution in [2.24, 2.45) is 0 Å². The summed E-state index contributed by atoms with van der Waals surface area (Å²) >= 11 is 0. The predicted molar refractivity (Wildman–Crippen MR) is 113 cm³/mol. The third kappa shape index (κ3) is 3.91. The van der Waals surface area contributed by atoms with Crippen LogP contribution in [0.25, 0.3) is 11.0 Å². The topological polar surface area (TPSA) is 88.9 Å². The summed E-state index contributed by atoms with van der Waals surface area (Å²) in [6.07, 6.45) is 2.59. The van der Waals surface area contributed by atoms with Crippen molar-refractivity contribution in [1.82, 2.24) is 4.90 Å². The molecule has 1 aliphatic rings. The Bertz CT molecular complexity index is 1180. The zero-order valence-corrected chi connectivity index (χ0v) is 16.9. The van der Waals surface area contributed by atoms with E-state index >= 15 is 0 Å². The minimum Gasteiger partial charge on any atom is -0.484 e. The van der Waals surface area contributed by atoms with Crippen LogP contribution in [0.2, 0.25) is 0 Å². The number of nitrogens with one attached hydrogen (secondary N) is 1. The van der Waals surface area contributed by atoms with E-state index in [1.807, 2.05) is 6.07 Å². The quantitative estimate of drug-likeness (QED) is 0.658. The number of nitrogens with zero attached hydrogens (tertiary/aromatic N) is 1.